The van der Waals surface area contributed by atoms with Crippen molar-refractivity contribution in [2.24, 2.45) is 0 Å². The zero-order valence-electron chi connectivity index (χ0n) is 11.1. The van der Waals surface area contributed by atoms with Crippen LogP contribution in [0.2, 0.25) is 0 Å². The lowest BCUT2D eigenvalue weighted by molar-refractivity contribution is 0.0558. The van der Waals surface area contributed by atoms with Crippen molar-refractivity contribution in [2.75, 3.05) is 6.54 Å². The van der Waals surface area contributed by atoms with E-state index in [1.807, 2.05) is 25.7 Å². The van der Waals surface area contributed by atoms with Crippen molar-refractivity contribution in [3.05, 3.63) is 0 Å². The van der Waals surface area contributed by atoms with Crippen LogP contribution in [0.4, 0.5) is 4.79 Å². The maximum absolute atomic E-state index is 12.0. The van der Waals surface area contributed by atoms with Gasteiger partial charge in [0.1, 0.15) is 0 Å². The van der Waals surface area contributed by atoms with E-state index in [4.69, 9.17) is 4.74 Å². The van der Waals surface area contributed by atoms with Gasteiger partial charge < -0.3 is 15.0 Å². The molecule has 0 aromatic carbocycles. The predicted molar refractivity (Wildman–Crippen MR) is 67.0 cm³/mol. The summed E-state index contributed by atoms with van der Waals surface area (Å²) in [7, 11) is 0. The summed E-state index contributed by atoms with van der Waals surface area (Å²) >= 11 is 0. The topological polar surface area (TPSA) is 41.6 Å². The van der Waals surface area contributed by atoms with Gasteiger partial charge in [0.2, 0.25) is 0 Å². The second-order valence-electron chi connectivity index (χ2n) is 5.48. The summed E-state index contributed by atoms with van der Waals surface area (Å²) in [6.07, 6.45) is 4.51. The van der Waals surface area contributed by atoms with E-state index in [1.165, 1.54) is 12.8 Å². The minimum atomic E-state index is -0.145. The van der Waals surface area contributed by atoms with Crippen LogP contribution < -0.4 is 5.32 Å². The Bertz CT molecular complexity index is 269. The molecule has 0 aliphatic carbocycles. The molecule has 2 atom stereocenters. The largest absolute Gasteiger partial charge is 0.447 e. The Morgan fingerprint density at radius 2 is 1.94 bits per heavy atom. The van der Waals surface area contributed by atoms with Gasteiger partial charge in [0.25, 0.3) is 0 Å². The Hall–Kier alpha value is -0.770. The fraction of sp³-hybridized carbons (Fsp3) is 0.923. The molecule has 1 N–H and O–H groups in total. The Morgan fingerprint density at radius 1 is 1.35 bits per heavy atom. The zero-order valence-corrected chi connectivity index (χ0v) is 11.1. The first-order valence-corrected chi connectivity index (χ1v) is 6.83. The van der Waals surface area contributed by atoms with Crippen LogP contribution in [-0.2, 0) is 4.74 Å². The van der Waals surface area contributed by atoms with E-state index in [0.29, 0.717) is 18.1 Å². The highest BCUT2D eigenvalue weighted by Gasteiger charge is 2.37. The average Bonchev–Trinajstić information content (AvgIpc) is 2.58. The van der Waals surface area contributed by atoms with Crippen molar-refractivity contribution >= 4 is 6.09 Å². The Labute approximate surface area is 104 Å². The van der Waals surface area contributed by atoms with Crippen LogP contribution in [0.15, 0.2) is 0 Å². The highest BCUT2D eigenvalue weighted by molar-refractivity contribution is 5.68. The van der Waals surface area contributed by atoms with Crippen LogP contribution >= 0.6 is 0 Å². The van der Waals surface area contributed by atoms with Crippen LogP contribution in [0, 0.1) is 0 Å². The minimum Gasteiger partial charge on any atom is -0.447 e. The fourth-order valence-electron chi connectivity index (χ4n) is 3.09. The lowest BCUT2D eigenvalue weighted by Gasteiger charge is -2.36. The third kappa shape index (κ3) is 2.92. The summed E-state index contributed by atoms with van der Waals surface area (Å²) in [5.41, 5.74) is 0. The summed E-state index contributed by atoms with van der Waals surface area (Å²) < 4.78 is 5.31. The number of piperidine rings is 1. The number of rotatable bonds is 3. The average molecular weight is 240 g/mol. The van der Waals surface area contributed by atoms with Gasteiger partial charge in [0, 0.05) is 24.7 Å². The van der Waals surface area contributed by atoms with E-state index in [2.05, 4.69) is 5.32 Å². The first kappa shape index (κ1) is 12.7. The normalized spacial score (nSPS) is 31.6. The molecule has 0 spiro atoms. The zero-order chi connectivity index (χ0) is 12.4. The van der Waals surface area contributed by atoms with E-state index >= 15 is 0 Å². The van der Waals surface area contributed by atoms with Crippen LogP contribution in [0.1, 0.15) is 46.5 Å². The summed E-state index contributed by atoms with van der Waals surface area (Å²) in [6.45, 7) is 6.58. The molecule has 2 aliphatic heterocycles. The van der Waals surface area contributed by atoms with Crippen LogP contribution in [0.3, 0.4) is 0 Å². The minimum absolute atomic E-state index is 0.0324. The highest BCUT2D eigenvalue weighted by Crippen LogP contribution is 2.30. The van der Waals surface area contributed by atoms with E-state index in [9.17, 15) is 4.79 Å². The molecule has 17 heavy (non-hydrogen) atoms. The van der Waals surface area contributed by atoms with Crippen molar-refractivity contribution in [1.29, 1.82) is 0 Å². The SMILES string of the molecule is CCN(C(=O)OC(C)C)C1CC2CCC(C1)N2. The number of fused-ring (bicyclic) bond motifs is 2. The predicted octanol–water partition coefficient (Wildman–Crippen LogP) is 2.14. The van der Waals surface area contributed by atoms with Crippen LogP contribution in [0.5, 0.6) is 0 Å². The van der Waals surface area contributed by atoms with Gasteiger partial charge in [0.15, 0.2) is 0 Å². The second kappa shape index (κ2) is 5.25. The molecule has 2 heterocycles. The smallest absolute Gasteiger partial charge is 0.410 e. The summed E-state index contributed by atoms with van der Waals surface area (Å²) in [5.74, 6) is 0. The number of amides is 1. The first-order chi connectivity index (χ1) is 8.10. The number of nitrogens with zero attached hydrogens (tertiary/aromatic N) is 1. The lowest BCUT2D eigenvalue weighted by atomic mass is 9.98. The van der Waals surface area contributed by atoms with Gasteiger partial charge in [-0.25, -0.2) is 4.79 Å². The van der Waals surface area contributed by atoms with Gasteiger partial charge in [0.05, 0.1) is 6.10 Å². The molecule has 4 heteroatoms. The number of nitrogens with one attached hydrogen (secondary N) is 1. The molecule has 0 aromatic rings. The number of carbonyl (C=O) groups excluding carboxylic acids is 1. The monoisotopic (exact) mass is 240 g/mol. The van der Waals surface area contributed by atoms with Gasteiger partial charge in [-0.15, -0.1) is 0 Å². The third-order valence-corrected chi connectivity index (χ3v) is 3.80. The molecule has 2 fully saturated rings. The van der Waals surface area contributed by atoms with Gasteiger partial charge in [-0.2, -0.15) is 0 Å². The van der Waals surface area contributed by atoms with Crippen molar-refractivity contribution in [2.45, 2.75) is 70.7 Å². The van der Waals surface area contributed by atoms with Crippen LogP contribution in [0.25, 0.3) is 0 Å². The van der Waals surface area contributed by atoms with E-state index in [1.54, 1.807) is 0 Å². The maximum atomic E-state index is 12.0. The molecule has 0 radical (unpaired) electrons. The highest BCUT2D eigenvalue weighted by atomic mass is 16.6. The van der Waals surface area contributed by atoms with Crippen molar-refractivity contribution < 1.29 is 9.53 Å². The fourth-order valence-corrected chi connectivity index (χ4v) is 3.09. The van der Waals surface area contributed by atoms with Crippen molar-refractivity contribution in [3.8, 4) is 0 Å². The maximum Gasteiger partial charge on any atom is 0.410 e. The molecule has 98 valence electrons. The quantitative estimate of drug-likeness (QED) is 0.821. The van der Waals surface area contributed by atoms with Gasteiger partial charge in [-0.05, 0) is 46.5 Å². The molecule has 4 nitrogen and oxygen atoms in total. The number of hydrogen-bond acceptors (Lipinski definition) is 3. The summed E-state index contributed by atoms with van der Waals surface area (Å²) in [5, 5.41) is 3.60. The van der Waals surface area contributed by atoms with Crippen molar-refractivity contribution in [3.63, 3.8) is 0 Å². The molecule has 2 bridgehead atoms. The number of ether oxygens (including phenoxy) is 1. The van der Waals surface area contributed by atoms with Crippen LogP contribution in [-0.4, -0.2) is 41.8 Å². The standard InChI is InChI=1S/C13H24N2O2/c1-4-15(13(16)17-9(2)3)12-7-10-5-6-11(8-12)14-10/h9-12,14H,4-8H2,1-3H3. The first-order valence-electron chi connectivity index (χ1n) is 6.83. The van der Waals surface area contributed by atoms with Crippen molar-refractivity contribution in [1.82, 2.24) is 10.2 Å². The third-order valence-electron chi connectivity index (χ3n) is 3.80. The molecule has 1 amide bonds. The molecule has 2 rings (SSSR count). The number of hydrogen-bond donors (Lipinski definition) is 1. The second-order valence-corrected chi connectivity index (χ2v) is 5.48. The Morgan fingerprint density at radius 3 is 2.41 bits per heavy atom. The lowest BCUT2D eigenvalue weighted by Crippen LogP contribution is -2.50. The molecule has 0 saturated carbocycles. The molecule has 2 unspecified atom stereocenters. The molecule has 2 saturated heterocycles. The Balaban J connectivity index is 1.96. The van der Waals surface area contributed by atoms with E-state index < -0.39 is 0 Å². The molecule has 2 aliphatic rings. The molecule has 0 aromatic heterocycles. The number of carbonyl (C=O) groups is 1. The molecular weight excluding hydrogens is 216 g/mol. The summed E-state index contributed by atoms with van der Waals surface area (Å²) in [4.78, 5) is 13.9. The molecular formula is C13H24N2O2. The van der Waals surface area contributed by atoms with Gasteiger partial charge in [-0.1, -0.05) is 0 Å². The summed E-state index contributed by atoms with van der Waals surface area (Å²) in [6, 6.07) is 1.59. The van der Waals surface area contributed by atoms with Gasteiger partial charge >= 0.3 is 6.09 Å². The van der Waals surface area contributed by atoms with Gasteiger partial charge in [-0.3, -0.25) is 0 Å². The van der Waals surface area contributed by atoms with E-state index in [-0.39, 0.29) is 12.2 Å². The Kier molecular flexibility index (Phi) is 3.92. The van der Waals surface area contributed by atoms with E-state index in [0.717, 1.165) is 19.4 Å².